The quantitative estimate of drug-likeness (QED) is 0.528. The molecule has 0 atom stereocenters. The number of carbonyl (C=O) groups excluding carboxylic acids is 1. The summed E-state index contributed by atoms with van der Waals surface area (Å²) in [5.74, 6) is 0.389. The molecule has 0 spiro atoms. The molecule has 0 aliphatic heterocycles. The topological polar surface area (TPSA) is 50.7 Å². The normalized spacial score (nSPS) is 11.5. The molecule has 0 aliphatic carbocycles. The first-order chi connectivity index (χ1) is 12.2. The lowest BCUT2D eigenvalue weighted by Crippen LogP contribution is -2.25. The summed E-state index contributed by atoms with van der Waals surface area (Å²) in [5.41, 5.74) is 3.34. The molecule has 0 radical (unpaired) electrons. The highest BCUT2D eigenvalue weighted by atomic mass is 32.1. The summed E-state index contributed by atoms with van der Waals surface area (Å²) in [6, 6.07) is 17.9. The van der Waals surface area contributed by atoms with E-state index in [4.69, 9.17) is 4.74 Å². The van der Waals surface area contributed by atoms with Gasteiger partial charge in [-0.3, -0.25) is 4.79 Å². The van der Waals surface area contributed by atoms with Crippen molar-refractivity contribution in [2.24, 2.45) is 5.10 Å². The maximum absolute atomic E-state index is 11.9. The van der Waals surface area contributed by atoms with Crippen molar-refractivity contribution in [3.63, 3.8) is 0 Å². The van der Waals surface area contributed by atoms with Crippen LogP contribution in [0.2, 0.25) is 0 Å². The second-order valence-electron chi connectivity index (χ2n) is 5.65. The van der Waals surface area contributed by atoms with Gasteiger partial charge in [-0.1, -0.05) is 37.3 Å². The molecule has 25 heavy (non-hydrogen) atoms. The van der Waals surface area contributed by atoms with Gasteiger partial charge in [0.1, 0.15) is 5.75 Å². The van der Waals surface area contributed by atoms with E-state index in [0.29, 0.717) is 5.75 Å². The Balaban J connectivity index is 1.55. The van der Waals surface area contributed by atoms with E-state index in [1.165, 1.54) is 4.88 Å². The minimum absolute atomic E-state index is 0.0697. The van der Waals surface area contributed by atoms with Crippen LogP contribution < -0.4 is 10.2 Å². The molecule has 128 valence electrons. The molecule has 3 rings (SSSR count). The van der Waals surface area contributed by atoms with Crippen molar-refractivity contribution >= 4 is 33.7 Å². The van der Waals surface area contributed by atoms with Gasteiger partial charge in [0.25, 0.3) is 5.91 Å². The van der Waals surface area contributed by atoms with E-state index in [2.05, 4.69) is 23.5 Å². The third kappa shape index (κ3) is 4.45. The average molecular weight is 352 g/mol. The number of nitrogens with one attached hydrogen (secondary N) is 1. The van der Waals surface area contributed by atoms with E-state index in [1.54, 1.807) is 11.3 Å². The molecule has 0 saturated carbocycles. The number of benzene rings is 2. The van der Waals surface area contributed by atoms with E-state index >= 15 is 0 Å². The fourth-order valence-electron chi connectivity index (χ4n) is 2.40. The molecular formula is C20H20N2O2S. The second kappa shape index (κ2) is 7.94. The van der Waals surface area contributed by atoms with Crippen LogP contribution in [0.25, 0.3) is 10.8 Å². The summed E-state index contributed by atoms with van der Waals surface area (Å²) in [6.07, 6.45) is 1.00. The Kier molecular flexibility index (Phi) is 5.46. The lowest BCUT2D eigenvalue weighted by molar-refractivity contribution is -0.123. The third-order valence-electron chi connectivity index (χ3n) is 3.81. The Morgan fingerprint density at radius 3 is 2.68 bits per heavy atom. The van der Waals surface area contributed by atoms with Gasteiger partial charge in [-0.05, 0) is 48.4 Å². The zero-order valence-corrected chi connectivity index (χ0v) is 15.1. The molecule has 0 saturated heterocycles. The van der Waals surface area contributed by atoms with E-state index in [1.807, 2.05) is 55.5 Å². The highest BCUT2D eigenvalue weighted by molar-refractivity contribution is 7.14. The summed E-state index contributed by atoms with van der Waals surface area (Å²) in [5, 5.41) is 6.37. The van der Waals surface area contributed by atoms with Gasteiger partial charge in [-0.15, -0.1) is 11.3 Å². The molecule has 0 unspecified atom stereocenters. The number of aryl methyl sites for hydroxylation is 1. The molecule has 1 N–H and O–H groups in total. The SMILES string of the molecule is CCc1ccc(/C(C)=N/NC(=O)COc2ccc3ccccc3c2)s1. The molecule has 0 aliphatic rings. The number of fused-ring (bicyclic) bond motifs is 1. The molecule has 1 aromatic heterocycles. The van der Waals surface area contributed by atoms with Gasteiger partial charge in [-0.25, -0.2) is 5.43 Å². The van der Waals surface area contributed by atoms with Crippen LogP contribution in [-0.2, 0) is 11.2 Å². The zero-order chi connectivity index (χ0) is 17.6. The number of rotatable bonds is 6. The highest BCUT2D eigenvalue weighted by Gasteiger charge is 2.05. The van der Waals surface area contributed by atoms with Gasteiger partial charge in [-0.2, -0.15) is 5.10 Å². The average Bonchev–Trinajstić information content (AvgIpc) is 3.13. The van der Waals surface area contributed by atoms with E-state index < -0.39 is 0 Å². The van der Waals surface area contributed by atoms with Crippen LogP contribution in [0.3, 0.4) is 0 Å². The first kappa shape index (κ1) is 17.2. The maximum Gasteiger partial charge on any atom is 0.277 e. The number of nitrogens with zero attached hydrogens (tertiary/aromatic N) is 1. The predicted molar refractivity (Wildman–Crippen MR) is 103 cm³/mol. The van der Waals surface area contributed by atoms with Crippen LogP contribution in [0.1, 0.15) is 23.6 Å². The monoisotopic (exact) mass is 352 g/mol. The summed E-state index contributed by atoms with van der Waals surface area (Å²) < 4.78 is 5.56. The van der Waals surface area contributed by atoms with Gasteiger partial charge in [0.15, 0.2) is 6.61 Å². The number of hydrogen-bond acceptors (Lipinski definition) is 4. The lowest BCUT2D eigenvalue weighted by atomic mass is 10.1. The Labute approximate surface area is 151 Å². The van der Waals surface area contributed by atoms with Crippen LogP contribution in [0, 0.1) is 0 Å². The summed E-state index contributed by atoms with van der Waals surface area (Å²) in [6.45, 7) is 3.93. The van der Waals surface area contributed by atoms with Gasteiger partial charge < -0.3 is 4.74 Å². The predicted octanol–water partition coefficient (Wildman–Crippen LogP) is 4.38. The standard InChI is InChI=1S/C20H20N2O2S/c1-3-18-10-11-19(25-18)14(2)21-22-20(23)13-24-17-9-8-15-6-4-5-7-16(15)12-17/h4-12H,3,13H2,1-2H3,(H,22,23)/b21-14+. The van der Waals surface area contributed by atoms with E-state index in [-0.39, 0.29) is 12.5 Å². The Morgan fingerprint density at radius 2 is 1.92 bits per heavy atom. The third-order valence-corrected chi connectivity index (χ3v) is 5.14. The van der Waals surface area contributed by atoms with E-state index in [9.17, 15) is 4.79 Å². The molecule has 2 aromatic carbocycles. The van der Waals surface area contributed by atoms with Crippen LogP contribution >= 0.6 is 11.3 Å². The number of thiophene rings is 1. The van der Waals surface area contributed by atoms with Gasteiger partial charge >= 0.3 is 0 Å². The van der Waals surface area contributed by atoms with Gasteiger partial charge in [0.05, 0.1) is 10.6 Å². The highest BCUT2D eigenvalue weighted by Crippen LogP contribution is 2.20. The van der Waals surface area contributed by atoms with Crippen molar-refractivity contribution < 1.29 is 9.53 Å². The van der Waals surface area contributed by atoms with Gasteiger partial charge in [0.2, 0.25) is 0 Å². The maximum atomic E-state index is 11.9. The smallest absolute Gasteiger partial charge is 0.277 e. The van der Waals surface area contributed by atoms with Crippen molar-refractivity contribution in [2.75, 3.05) is 6.61 Å². The largest absolute Gasteiger partial charge is 0.484 e. The minimum atomic E-state index is -0.278. The fourth-order valence-corrected chi connectivity index (χ4v) is 3.29. The fraction of sp³-hybridized carbons (Fsp3) is 0.200. The summed E-state index contributed by atoms with van der Waals surface area (Å²) >= 11 is 1.69. The Morgan fingerprint density at radius 1 is 1.12 bits per heavy atom. The first-order valence-corrected chi connectivity index (χ1v) is 9.01. The van der Waals surface area contributed by atoms with Crippen molar-refractivity contribution in [3.05, 3.63) is 64.4 Å². The van der Waals surface area contributed by atoms with Crippen LogP contribution in [0.15, 0.2) is 59.7 Å². The number of carbonyl (C=O) groups is 1. The van der Waals surface area contributed by atoms with Gasteiger partial charge in [0, 0.05) is 4.88 Å². The molecule has 5 heteroatoms. The molecule has 1 amide bonds. The van der Waals surface area contributed by atoms with Crippen LogP contribution in [0.4, 0.5) is 0 Å². The second-order valence-corrected chi connectivity index (χ2v) is 6.82. The Hall–Kier alpha value is -2.66. The minimum Gasteiger partial charge on any atom is -0.484 e. The molecule has 4 nitrogen and oxygen atoms in total. The van der Waals surface area contributed by atoms with Crippen molar-refractivity contribution in [3.8, 4) is 5.75 Å². The zero-order valence-electron chi connectivity index (χ0n) is 14.3. The number of amides is 1. The lowest BCUT2D eigenvalue weighted by Gasteiger charge is -2.06. The van der Waals surface area contributed by atoms with Crippen LogP contribution in [-0.4, -0.2) is 18.2 Å². The molecule has 1 heterocycles. The molecular weight excluding hydrogens is 332 g/mol. The number of hydrazone groups is 1. The van der Waals surface area contributed by atoms with Crippen LogP contribution in [0.5, 0.6) is 5.75 Å². The number of ether oxygens (including phenoxy) is 1. The molecule has 3 aromatic rings. The molecule has 0 bridgehead atoms. The summed E-state index contributed by atoms with van der Waals surface area (Å²) in [4.78, 5) is 14.3. The van der Waals surface area contributed by atoms with Crippen molar-refractivity contribution in [1.82, 2.24) is 5.43 Å². The van der Waals surface area contributed by atoms with Crippen molar-refractivity contribution in [1.29, 1.82) is 0 Å². The summed E-state index contributed by atoms with van der Waals surface area (Å²) in [7, 11) is 0. The first-order valence-electron chi connectivity index (χ1n) is 8.19. The molecule has 0 fully saturated rings. The number of hydrogen-bond donors (Lipinski definition) is 1. The van der Waals surface area contributed by atoms with Crippen molar-refractivity contribution in [2.45, 2.75) is 20.3 Å². The van der Waals surface area contributed by atoms with E-state index in [0.717, 1.165) is 27.8 Å². The Bertz CT molecular complexity index is 915.